The van der Waals surface area contributed by atoms with Crippen molar-refractivity contribution in [2.45, 2.75) is 100 Å². The van der Waals surface area contributed by atoms with Crippen LogP contribution in [0, 0.1) is 18.7 Å². The van der Waals surface area contributed by atoms with E-state index in [1.807, 2.05) is 24.3 Å². The van der Waals surface area contributed by atoms with E-state index < -0.39 is 73.9 Å². The highest BCUT2D eigenvalue weighted by Crippen LogP contribution is 2.47. The number of para-hydroxylation sites is 1. The second-order valence-electron chi connectivity index (χ2n) is 15.7. The highest BCUT2D eigenvalue weighted by Gasteiger charge is 2.63. The van der Waals surface area contributed by atoms with Gasteiger partial charge in [0.2, 0.25) is 27.7 Å². The Kier molecular flexibility index (Phi) is 9.58. The summed E-state index contributed by atoms with van der Waals surface area (Å²) in [6, 6.07) is 10.8. The van der Waals surface area contributed by atoms with Crippen molar-refractivity contribution in [2.24, 2.45) is 5.92 Å². The van der Waals surface area contributed by atoms with Gasteiger partial charge < -0.3 is 24.8 Å². The molecular weight excluding hydrogens is 744 g/mol. The van der Waals surface area contributed by atoms with E-state index in [9.17, 15) is 32.0 Å². The Bertz CT molecular complexity index is 2400. The number of hydrogen-bond donors (Lipinski definition) is 3. The molecule has 3 N–H and O–H groups in total. The predicted molar refractivity (Wildman–Crippen MR) is 202 cm³/mol. The number of carbonyl (C=O) groups excluding carboxylic acids is 4. The fraction of sp³-hybridized carbons (Fsp3) is 0.450. The summed E-state index contributed by atoms with van der Waals surface area (Å²) in [6.45, 7) is 3.13. The fourth-order valence-electron chi connectivity index (χ4n) is 7.79. The van der Waals surface area contributed by atoms with Crippen LogP contribution in [0.15, 0.2) is 65.2 Å². The van der Waals surface area contributed by atoms with Gasteiger partial charge in [-0.05, 0) is 82.0 Å². The minimum atomic E-state index is -4.02. The number of rotatable bonds is 7. The molecule has 14 nitrogen and oxygen atoms in total. The van der Waals surface area contributed by atoms with Crippen molar-refractivity contribution in [1.82, 2.24) is 30.4 Å². The molecule has 4 aliphatic rings. The summed E-state index contributed by atoms with van der Waals surface area (Å²) in [7, 11) is -4.02. The first-order valence-electron chi connectivity index (χ1n) is 19.0. The highest BCUT2D eigenvalue weighted by atomic mass is 32.2. The minimum absolute atomic E-state index is 0.00156. The van der Waals surface area contributed by atoms with E-state index in [0.717, 1.165) is 18.2 Å². The quantitative estimate of drug-likeness (QED) is 0.179. The number of halogens is 1. The molecule has 0 unspecified atom stereocenters. The zero-order valence-electron chi connectivity index (χ0n) is 31.0. The van der Waals surface area contributed by atoms with Gasteiger partial charge in [0.1, 0.15) is 35.3 Å². The van der Waals surface area contributed by atoms with E-state index in [4.69, 9.17) is 14.2 Å². The summed E-state index contributed by atoms with van der Waals surface area (Å²) in [5.41, 5.74) is -0.996. The van der Waals surface area contributed by atoms with E-state index >= 15 is 0 Å². The number of amides is 4. The summed E-state index contributed by atoms with van der Waals surface area (Å²) in [5.74, 6) is -2.95. The molecule has 3 fully saturated rings. The van der Waals surface area contributed by atoms with E-state index in [1.165, 1.54) is 23.1 Å². The number of aryl methyl sites for hydroxylation is 1. The smallest absolute Gasteiger partial charge is 0.274 e. The second kappa shape index (κ2) is 14.3. The maximum atomic E-state index is 14.6. The van der Waals surface area contributed by atoms with Gasteiger partial charge >= 0.3 is 0 Å². The predicted octanol–water partition coefficient (Wildman–Crippen LogP) is 4.36. The SMILES string of the molecule is Cc1cc(C(=O)N[C@H]2CCCCC/C=C\[C@@H]3C[C@@]3(C(=O)NS(=O)(=O)C3(C)CC3)NC(=O)[C@@H]3C[C@@H](Oc4nc5ccccc5c5cc(F)ccc45)CN3C2=O)no1. The first kappa shape index (κ1) is 37.5. The van der Waals surface area contributed by atoms with Crippen LogP contribution in [-0.2, 0) is 24.4 Å². The third-order valence-corrected chi connectivity index (χ3v) is 13.7. The normalized spacial score (nSPS) is 26.9. The Morgan fingerprint density at radius 1 is 1.05 bits per heavy atom. The molecule has 4 heterocycles. The summed E-state index contributed by atoms with van der Waals surface area (Å²) >= 11 is 0. The molecule has 4 aromatic rings. The number of aromatic nitrogens is 2. The molecule has 2 aliphatic heterocycles. The van der Waals surface area contributed by atoms with Gasteiger partial charge in [0.15, 0.2) is 5.69 Å². The van der Waals surface area contributed by atoms with Crippen LogP contribution in [0.1, 0.15) is 81.0 Å². The van der Waals surface area contributed by atoms with Crippen molar-refractivity contribution in [1.29, 1.82) is 0 Å². The maximum Gasteiger partial charge on any atom is 0.274 e. The van der Waals surface area contributed by atoms with Crippen LogP contribution in [-0.4, -0.2) is 82.1 Å². The molecule has 294 valence electrons. The zero-order valence-corrected chi connectivity index (χ0v) is 31.9. The van der Waals surface area contributed by atoms with Gasteiger partial charge in [0.05, 0.1) is 16.8 Å². The van der Waals surface area contributed by atoms with Crippen LogP contribution < -0.4 is 20.1 Å². The van der Waals surface area contributed by atoms with Gasteiger partial charge in [-0.2, -0.15) is 0 Å². The van der Waals surface area contributed by atoms with Gasteiger partial charge in [-0.15, -0.1) is 0 Å². The Morgan fingerprint density at radius 3 is 2.62 bits per heavy atom. The fourth-order valence-corrected chi connectivity index (χ4v) is 9.11. The molecule has 0 bridgehead atoms. The molecule has 1 saturated heterocycles. The molecular formula is C40H43FN6O8S. The van der Waals surface area contributed by atoms with Crippen LogP contribution in [0.2, 0.25) is 0 Å². The molecule has 2 aromatic carbocycles. The van der Waals surface area contributed by atoms with Gasteiger partial charge in [0, 0.05) is 29.2 Å². The molecule has 16 heteroatoms. The molecule has 56 heavy (non-hydrogen) atoms. The van der Waals surface area contributed by atoms with E-state index in [-0.39, 0.29) is 37.4 Å². The summed E-state index contributed by atoms with van der Waals surface area (Å²) < 4.78 is 53.6. The lowest BCUT2D eigenvalue weighted by molar-refractivity contribution is -0.141. The lowest BCUT2D eigenvalue weighted by atomic mass is 10.0. The third-order valence-electron chi connectivity index (χ3n) is 11.5. The highest BCUT2D eigenvalue weighted by molar-refractivity contribution is 7.91. The standard InChI is InChI=1S/C40H43FN6O8S/c1-23-18-32(45-55-23)34(48)42-31-13-7-5-3-4-6-10-24-21-40(24,38(51)46-56(52,53)39(2)16-17-39)44-35(49)33-20-26(22-47(33)37(31)50)54-36-28-15-14-25(41)19-29(28)27-11-8-9-12-30(27)43-36/h6,8-12,14-15,18-19,24,26,31,33H,3-5,7,13,16-17,20-22H2,1-2H3,(H,42,48)(H,44,49)(H,46,51)/b10-6-/t24-,26-,31+,33+,40-/m1/s1. The molecule has 8 rings (SSSR count). The van der Waals surface area contributed by atoms with Crippen LogP contribution >= 0.6 is 0 Å². The number of sulfonamides is 1. The monoisotopic (exact) mass is 786 g/mol. The second-order valence-corrected chi connectivity index (χ2v) is 17.9. The molecule has 4 amide bonds. The molecule has 5 atom stereocenters. The number of carbonyl (C=O) groups is 4. The van der Waals surface area contributed by atoms with Crippen molar-refractivity contribution in [3.05, 3.63) is 78.0 Å². The summed E-state index contributed by atoms with van der Waals surface area (Å²) in [6.07, 6.45) is 6.99. The molecule has 0 spiro atoms. The van der Waals surface area contributed by atoms with Gasteiger partial charge in [-0.1, -0.05) is 48.3 Å². The number of allylic oxidation sites excluding steroid dienone is 1. The number of hydrogen-bond acceptors (Lipinski definition) is 10. The Morgan fingerprint density at radius 2 is 1.86 bits per heavy atom. The van der Waals surface area contributed by atoms with Crippen molar-refractivity contribution in [2.75, 3.05) is 6.54 Å². The number of benzene rings is 2. The number of pyridine rings is 1. The van der Waals surface area contributed by atoms with E-state index in [1.54, 1.807) is 32.0 Å². The number of fused-ring (bicyclic) bond motifs is 5. The number of nitrogens with zero attached hydrogens (tertiary/aromatic N) is 3. The van der Waals surface area contributed by atoms with Crippen molar-refractivity contribution in [3.8, 4) is 5.88 Å². The third kappa shape index (κ3) is 7.10. The molecule has 0 radical (unpaired) electrons. The van der Waals surface area contributed by atoms with Crippen molar-refractivity contribution < 1.29 is 41.2 Å². The van der Waals surface area contributed by atoms with Crippen molar-refractivity contribution >= 4 is 55.3 Å². The van der Waals surface area contributed by atoms with Gasteiger partial charge in [0.25, 0.3) is 11.8 Å². The lowest BCUT2D eigenvalue weighted by Gasteiger charge is -2.30. The topological polar surface area (TPSA) is 190 Å². The average Bonchev–Trinajstić information content (AvgIpc) is 3.97. The first-order chi connectivity index (χ1) is 26.8. The first-order valence-corrected chi connectivity index (χ1v) is 20.5. The number of ether oxygens (including phenoxy) is 1. The van der Waals surface area contributed by atoms with Gasteiger partial charge in [-0.25, -0.2) is 17.8 Å². The van der Waals surface area contributed by atoms with Crippen LogP contribution in [0.5, 0.6) is 5.88 Å². The van der Waals surface area contributed by atoms with Crippen LogP contribution in [0.25, 0.3) is 21.7 Å². The Labute approximate surface area is 322 Å². The largest absolute Gasteiger partial charge is 0.472 e. The molecule has 2 aliphatic carbocycles. The lowest BCUT2D eigenvalue weighted by Crippen LogP contribution is -2.58. The Balaban J connectivity index is 1.13. The summed E-state index contributed by atoms with van der Waals surface area (Å²) in [4.78, 5) is 62.4. The average molecular weight is 787 g/mol. The minimum Gasteiger partial charge on any atom is -0.472 e. The van der Waals surface area contributed by atoms with Crippen molar-refractivity contribution in [3.63, 3.8) is 0 Å². The molecule has 2 saturated carbocycles. The van der Waals surface area contributed by atoms with E-state index in [0.29, 0.717) is 47.7 Å². The summed E-state index contributed by atoms with van der Waals surface area (Å²) in [5, 5.41) is 11.3. The zero-order chi connectivity index (χ0) is 39.4. The number of nitrogens with one attached hydrogen (secondary N) is 3. The van der Waals surface area contributed by atoms with Crippen LogP contribution in [0.4, 0.5) is 4.39 Å². The Hall–Kier alpha value is -5.38. The van der Waals surface area contributed by atoms with E-state index in [2.05, 4.69) is 20.5 Å². The molecule has 2 aromatic heterocycles. The van der Waals surface area contributed by atoms with Gasteiger partial charge in [-0.3, -0.25) is 23.9 Å². The maximum absolute atomic E-state index is 14.6. The van der Waals surface area contributed by atoms with Crippen LogP contribution in [0.3, 0.4) is 0 Å².